The molecule has 19 heavy (non-hydrogen) atoms. The maximum Gasteiger partial charge on any atom is 0.315 e. The van der Waals surface area contributed by atoms with E-state index in [-0.39, 0.29) is 11.9 Å². The maximum absolute atomic E-state index is 12.2. The van der Waals surface area contributed by atoms with Gasteiger partial charge >= 0.3 is 6.03 Å². The third-order valence-electron chi connectivity index (χ3n) is 3.19. The second-order valence-corrected chi connectivity index (χ2v) is 4.67. The van der Waals surface area contributed by atoms with Crippen LogP contribution < -0.4 is 15.5 Å². The molecular formula is C14H19N3O2. The summed E-state index contributed by atoms with van der Waals surface area (Å²) in [6, 6.07) is 7.11. The number of anilines is 1. The lowest BCUT2D eigenvalue weighted by atomic mass is 10.2. The van der Waals surface area contributed by atoms with Crippen molar-refractivity contribution in [3.05, 3.63) is 29.8 Å². The monoisotopic (exact) mass is 261 g/mol. The molecule has 0 aliphatic carbocycles. The zero-order chi connectivity index (χ0) is 13.8. The van der Waals surface area contributed by atoms with Crippen LogP contribution in [-0.2, 0) is 4.79 Å². The summed E-state index contributed by atoms with van der Waals surface area (Å²) < 4.78 is 0. The van der Waals surface area contributed by atoms with Gasteiger partial charge in [-0.2, -0.15) is 0 Å². The minimum absolute atomic E-state index is 0.0462. The molecule has 1 aromatic carbocycles. The van der Waals surface area contributed by atoms with Crippen LogP contribution in [0.25, 0.3) is 0 Å². The van der Waals surface area contributed by atoms with E-state index in [2.05, 4.69) is 10.6 Å². The van der Waals surface area contributed by atoms with E-state index in [1.54, 1.807) is 4.90 Å². The van der Waals surface area contributed by atoms with Gasteiger partial charge in [-0.3, -0.25) is 4.79 Å². The van der Waals surface area contributed by atoms with Gasteiger partial charge in [0.2, 0.25) is 5.91 Å². The van der Waals surface area contributed by atoms with Crippen molar-refractivity contribution < 1.29 is 9.59 Å². The van der Waals surface area contributed by atoms with Crippen LogP contribution in [0.1, 0.15) is 18.9 Å². The van der Waals surface area contributed by atoms with E-state index in [0.29, 0.717) is 19.5 Å². The summed E-state index contributed by atoms with van der Waals surface area (Å²) in [5.74, 6) is -0.0462. The highest BCUT2D eigenvalue weighted by Gasteiger charge is 2.33. The molecular weight excluding hydrogens is 242 g/mol. The molecule has 2 N–H and O–H groups in total. The van der Waals surface area contributed by atoms with Crippen LogP contribution in [-0.4, -0.2) is 31.1 Å². The van der Waals surface area contributed by atoms with Gasteiger partial charge < -0.3 is 15.5 Å². The SMILES string of the molecule is CCNC(=O)N[C@H]1CCN(c2ccc(C)cc2)C1=O. The van der Waals surface area contributed by atoms with Crippen LogP contribution in [0, 0.1) is 6.92 Å². The minimum atomic E-state index is -0.423. The highest BCUT2D eigenvalue weighted by molar-refractivity contribution is 6.01. The summed E-state index contributed by atoms with van der Waals surface area (Å²) in [5.41, 5.74) is 2.04. The Labute approximate surface area is 113 Å². The fourth-order valence-corrected chi connectivity index (χ4v) is 2.16. The first-order valence-electron chi connectivity index (χ1n) is 6.54. The Morgan fingerprint density at radius 2 is 2.05 bits per heavy atom. The number of aryl methyl sites for hydroxylation is 1. The number of carbonyl (C=O) groups is 2. The summed E-state index contributed by atoms with van der Waals surface area (Å²) in [4.78, 5) is 25.4. The predicted molar refractivity (Wildman–Crippen MR) is 74.1 cm³/mol. The van der Waals surface area contributed by atoms with Gasteiger partial charge in [-0.05, 0) is 32.4 Å². The molecule has 0 spiro atoms. The highest BCUT2D eigenvalue weighted by Crippen LogP contribution is 2.21. The average molecular weight is 261 g/mol. The van der Waals surface area contributed by atoms with Crippen molar-refractivity contribution in [1.29, 1.82) is 0 Å². The number of nitrogens with one attached hydrogen (secondary N) is 2. The molecule has 0 saturated carbocycles. The van der Waals surface area contributed by atoms with Crippen molar-refractivity contribution in [2.45, 2.75) is 26.3 Å². The zero-order valence-corrected chi connectivity index (χ0v) is 11.3. The lowest BCUT2D eigenvalue weighted by molar-refractivity contribution is -0.118. The maximum atomic E-state index is 12.2. The molecule has 1 aromatic rings. The van der Waals surface area contributed by atoms with E-state index in [1.165, 1.54) is 0 Å². The summed E-state index contributed by atoms with van der Waals surface area (Å²) in [5, 5.41) is 5.33. The molecule has 5 heteroatoms. The van der Waals surface area contributed by atoms with Crippen LogP contribution in [0.3, 0.4) is 0 Å². The van der Waals surface area contributed by atoms with E-state index in [1.807, 2.05) is 38.1 Å². The molecule has 0 radical (unpaired) electrons. The van der Waals surface area contributed by atoms with Crippen molar-refractivity contribution in [3.63, 3.8) is 0 Å². The van der Waals surface area contributed by atoms with E-state index in [9.17, 15) is 9.59 Å². The first kappa shape index (κ1) is 13.4. The van der Waals surface area contributed by atoms with Crippen molar-refractivity contribution >= 4 is 17.6 Å². The van der Waals surface area contributed by atoms with Crippen molar-refractivity contribution in [2.24, 2.45) is 0 Å². The number of carbonyl (C=O) groups excluding carboxylic acids is 2. The smallest absolute Gasteiger partial charge is 0.315 e. The van der Waals surface area contributed by atoms with Gasteiger partial charge in [-0.1, -0.05) is 17.7 Å². The Morgan fingerprint density at radius 1 is 1.37 bits per heavy atom. The molecule has 1 aliphatic heterocycles. The molecule has 1 fully saturated rings. The summed E-state index contributed by atoms with van der Waals surface area (Å²) in [6.07, 6.45) is 0.643. The number of nitrogens with zero attached hydrogens (tertiary/aromatic N) is 1. The number of amides is 3. The molecule has 5 nitrogen and oxygen atoms in total. The quantitative estimate of drug-likeness (QED) is 0.864. The van der Waals surface area contributed by atoms with Crippen LogP contribution in [0.15, 0.2) is 24.3 Å². The Morgan fingerprint density at radius 3 is 2.68 bits per heavy atom. The topological polar surface area (TPSA) is 61.4 Å². The van der Waals surface area contributed by atoms with Gasteiger partial charge in [0.15, 0.2) is 0 Å². The van der Waals surface area contributed by atoms with Crippen LogP contribution in [0.2, 0.25) is 0 Å². The Hall–Kier alpha value is -2.04. The van der Waals surface area contributed by atoms with Gasteiger partial charge in [0.05, 0.1) is 0 Å². The first-order valence-corrected chi connectivity index (χ1v) is 6.54. The Bertz CT molecular complexity index is 470. The largest absolute Gasteiger partial charge is 0.338 e. The van der Waals surface area contributed by atoms with Gasteiger partial charge in [0.1, 0.15) is 6.04 Å². The molecule has 1 saturated heterocycles. The van der Waals surface area contributed by atoms with Crippen molar-refractivity contribution in [1.82, 2.24) is 10.6 Å². The van der Waals surface area contributed by atoms with Crippen molar-refractivity contribution in [3.8, 4) is 0 Å². The molecule has 102 valence electrons. The molecule has 0 bridgehead atoms. The Kier molecular flexibility index (Phi) is 4.04. The number of rotatable bonds is 3. The summed E-state index contributed by atoms with van der Waals surface area (Å²) in [7, 11) is 0. The zero-order valence-electron chi connectivity index (χ0n) is 11.3. The van der Waals surface area contributed by atoms with E-state index < -0.39 is 6.04 Å². The van der Waals surface area contributed by atoms with Gasteiger partial charge in [0.25, 0.3) is 0 Å². The van der Waals surface area contributed by atoms with Crippen LogP contribution in [0.4, 0.5) is 10.5 Å². The average Bonchev–Trinajstić information content (AvgIpc) is 2.73. The summed E-state index contributed by atoms with van der Waals surface area (Å²) >= 11 is 0. The van der Waals surface area contributed by atoms with Crippen molar-refractivity contribution in [2.75, 3.05) is 18.0 Å². The predicted octanol–water partition coefficient (Wildman–Crippen LogP) is 1.42. The number of benzene rings is 1. The molecule has 0 aromatic heterocycles. The molecule has 0 unspecified atom stereocenters. The third-order valence-corrected chi connectivity index (χ3v) is 3.19. The molecule has 2 rings (SSSR count). The molecule has 3 amide bonds. The lowest BCUT2D eigenvalue weighted by Gasteiger charge is -2.17. The van der Waals surface area contributed by atoms with E-state index in [0.717, 1.165) is 11.3 Å². The molecule has 1 heterocycles. The molecule has 1 aliphatic rings. The Balaban J connectivity index is 2.01. The first-order chi connectivity index (χ1) is 9.11. The lowest BCUT2D eigenvalue weighted by Crippen LogP contribution is -2.46. The minimum Gasteiger partial charge on any atom is -0.338 e. The third kappa shape index (κ3) is 3.05. The second kappa shape index (κ2) is 5.73. The summed E-state index contributed by atoms with van der Waals surface area (Å²) in [6.45, 7) is 5.04. The van der Waals surface area contributed by atoms with Crippen LogP contribution in [0.5, 0.6) is 0 Å². The fourth-order valence-electron chi connectivity index (χ4n) is 2.16. The number of urea groups is 1. The fraction of sp³-hybridized carbons (Fsp3) is 0.429. The van der Waals surface area contributed by atoms with E-state index in [4.69, 9.17) is 0 Å². The van der Waals surface area contributed by atoms with Gasteiger partial charge in [-0.15, -0.1) is 0 Å². The van der Waals surface area contributed by atoms with Gasteiger partial charge in [-0.25, -0.2) is 4.79 Å². The number of hydrogen-bond acceptors (Lipinski definition) is 2. The van der Waals surface area contributed by atoms with Gasteiger partial charge in [0, 0.05) is 18.8 Å². The highest BCUT2D eigenvalue weighted by atomic mass is 16.2. The van der Waals surface area contributed by atoms with Crippen LogP contribution >= 0.6 is 0 Å². The second-order valence-electron chi connectivity index (χ2n) is 4.67. The van der Waals surface area contributed by atoms with E-state index >= 15 is 0 Å². The standard InChI is InChI=1S/C14H19N3O2/c1-3-15-14(19)16-12-8-9-17(13(12)18)11-6-4-10(2)5-7-11/h4-7,12H,3,8-9H2,1-2H3,(H2,15,16,19)/t12-/m0/s1. The normalized spacial score (nSPS) is 18.5. The number of hydrogen-bond donors (Lipinski definition) is 2. The molecule has 1 atom stereocenters.